The molecule has 79 heavy (non-hydrogen) atoms. The zero-order valence-electron chi connectivity index (χ0n) is 49.1. The average molecular weight is 1100 g/mol. The average Bonchev–Trinajstić information content (AvgIpc) is 3.43. The van der Waals surface area contributed by atoms with Gasteiger partial charge in [-0.1, -0.05) is 206 Å². The van der Waals surface area contributed by atoms with Crippen LogP contribution in [0.2, 0.25) is 0 Å². The van der Waals surface area contributed by atoms with Crippen molar-refractivity contribution in [2.75, 3.05) is 13.2 Å². The number of carboxylic acid groups (broad SMARTS) is 1. The molecule has 1 fully saturated rings. The van der Waals surface area contributed by atoms with Gasteiger partial charge in [-0.2, -0.15) is 0 Å². The van der Waals surface area contributed by atoms with Gasteiger partial charge >= 0.3 is 23.9 Å². The molecule has 1 aliphatic rings. The van der Waals surface area contributed by atoms with Gasteiger partial charge in [0.2, 0.25) is 0 Å². The molecule has 12 nitrogen and oxygen atoms in total. The van der Waals surface area contributed by atoms with Crippen molar-refractivity contribution >= 4 is 23.9 Å². The van der Waals surface area contributed by atoms with Gasteiger partial charge in [0.25, 0.3) is 0 Å². The first-order valence-electron chi connectivity index (χ1n) is 30.5. The molecule has 12 heteroatoms. The molecule has 6 atom stereocenters. The summed E-state index contributed by atoms with van der Waals surface area (Å²) >= 11 is 0. The van der Waals surface area contributed by atoms with Crippen molar-refractivity contribution in [3.63, 3.8) is 0 Å². The Morgan fingerprint density at radius 1 is 0.430 bits per heavy atom. The molecule has 0 aromatic carbocycles. The summed E-state index contributed by atoms with van der Waals surface area (Å²) in [6.07, 6.45) is 61.6. The monoisotopic (exact) mass is 1100 g/mol. The van der Waals surface area contributed by atoms with Crippen LogP contribution in [0.4, 0.5) is 0 Å². The molecule has 0 radical (unpaired) electrons. The largest absolute Gasteiger partial charge is 0.479 e. The highest BCUT2D eigenvalue weighted by Crippen LogP contribution is 2.26. The smallest absolute Gasteiger partial charge is 0.335 e. The maximum atomic E-state index is 13.2. The number of carboxylic acids is 1. The first kappa shape index (κ1) is 72.1. The first-order valence-corrected chi connectivity index (χ1v) is 30.5. The van der Waals surface area contributed by atoms with Crippen LogP contribution in [0.15, 0.2) is 122 Å². The SMILES string of the molecule is CC/C=C\C/C=C\C/C=C\C/C=C\C/C=C\CCCC(=O)OC1C(OCC(COC(=O)CCCCCC/C=C\C/C=C\C/C=C\C/C=C\CC)OC(=O)CCCCCCC/C=C\CCCCCCCC)OC(C(=O)O)C(O)C1O. The van der Waals surface area contributed by atoms with Crippen LogP contribution in [0.25, 0.3) is 0 Å². The number of ether oxygens (including phenoxy) is 5. The quantitative estimate of drug-likeness (QED) is 0.0228. The van der Waals surface area contributed by atoms with E-state index < -0.39 is 67.3 Å². The highest BCUT2D eigenvalue weighted by molar-refractivity contribution is 5.74. The molecule has 1 rings (SSSR count). The van der Waals surface area contributed by atoms with Crippen LogP contribution < -0.4 is 0 Å². The molecule has 0 aliphatic carbocycles. The number of aliphatic hydroxyl groups is 2. The van der Waals surface area contributed by atoms with E-state index in [0.29, 0.717) is 25.7 Å². The number of unbranched alkanes of at least 4 members (excludes halogenated alkanes) is 16. The summed E-state index contributed by atoms with van der Waals surface area (Å²) in [5.41, 5.74) is 0. The fourth-order valence-corrected chi connectivity index (χ4v) is 8.39. The zero-order valence-corrected chi connectivity index (χ0v) is 49.1. The number of carbonyl (C=O) groups is 4. The Hall–Kier alpha value is -4.88. The minimum Gasteiger partial charge on any atom is -0.479 e. The van der Waals surface area contributed by atoms with Crippen LogP contribution in [-0.2, 0) is 42.9 Å². The predicted molar refractivity (Wildman–Crippen MR) is 321 cm³/mol. The van der Waals surface area contributed by atoms with E-state index in [1.807, 2.05) is 12.2 Å². The molecule has 0 amide bonds. The van der Waals surface area contributed by atoms with Crippen molar-refractivity contribution in [2.24, 2.45) is 0 Å². The number of allylic oxidation sites excluding steroid dienone is 20. The number of aliphatic hydroxyl groups excluding tert-OH is 2. The maximum absolute atomic E-state index is 13.2. The first-order chi connectivity index (χ1) is 38.6. The lowest BCUT2D eigenvalue weighted by molar-refractivity contribution is -0.301. The van der Waals surface area contributed by atoms with E-state index in [2.05, 4.69) is 130 Å². The number of rotatable bonds is 50. The van der Waals surface area contributed by atoms with E-state index in [0.717, 1.165) is 122 Å². The maximum Gasteiger partial charge on any atom is 0.335 e. The van der Waals surface area contributed by atoms with Crippen LogP contribution >= 0.6 is 0 Å². The van der Waals surface area contributed by atoms with Gasteiger partial charge in [0.1, 0.15) is 18.8 Å². The van der Waals surface area contributed by atoms with Crippen LogP contribution in [0, 0.1) is 0 Å². The van der Waals surface area contributed by atoms with Crippen LogP contribution in [0.1, 0.15) is 226 Å². The Bertz CT molecular complexity index is 1840. The van der Waals surface area contributed by atoms with Gasteiger partial charge in [-0.25, -0.2) is 4.79 Å². The highest BCUT2D eigenvalue weighted by Gasteiger charge is 2.50. The van der Waals surface area contributed by atoms with Crippen molar-refractivity contribution in [2.45, 2.75) is 263 Å². The van der Waals surface area contributed by atoms with E-state index in [-0.39, 0.29) is 25.9 Å². The fraction of sp³-hybridized carbons (Fsp3) is 0.642. The Morgan fingerprint density at radius 3 is 1.27 bits per heavy atom. The van der Waals surface area contributed by atoms with E-state index in [1.54, 1.807) is 0 Å². The normalized spacial score (nSPS) is 18.7. The van der Waals surface area contributed by atoms with Gasteiger partial charge in [0.05, 0.1) is 6.61 Å². The lowest BCUT2D eigenvalue weighted by atomic mass is 9.98. The molecule has 0 aromatic heterocycles. The standard InChI is InChI=1S/C67H106O12/c1-4-7-10-13-16-19-22-25-28-30-33-35-38-41-44-47-50-53-59(68)75-56-58(77-60(69)54-51-48-45-42-39-36-32-27-24-21-18-15-12-9-6-3)57-76-67-65(63(72)62(71)64(79-67)66(73)74)78-61(70)55-52-49-46-43-40-37-34-31-29-26-23-20-17-14-11-8-5-2/h7-8,10-11,16-17,19-20,25-29,32-35,37,43,46,58,62-65,67,71-72H,4-6,9,12-15,18,21-24,30-31,36,38-42,44-45,47-57H2,1-3H3,(H,73,74)/b10-7-,11-8-,19-16-,20-17-,28-25-,29-26-,32-27-,35-33-,37-34-,46-43-. The zero-order chi connectivity index (χ0) is 57.5. The molecular weight excluding hydrogens is 997 g/mol. The second kappa shape index (κ2) is 53.7. The summed E-state index contributed by atoms with van der Waals surface area (Å²) < 4.78 is 28.4. The Kier molecular flexibility index (Phi) is 49.1. The Balaban J connectivity index is 2.75. The van der Waals surface area contributed by atoms with Gasteiger partial charge in [0, 0.05) is 19.3 Å². The summed E-state index contributed by atoms with van der Waals surface area (Å²) in [5, 5.41) is 31.5. The van der Waals surface area contributed by atoms with Crippen LogP contribution in [-0.4, -0.2) is 89.2 Å². The van der Waals surface area contributed by atoms with Crippen molar-refractivity contribution in [1.29, 1.82) is 0 Å². The van der Waals surface area contributed by atoms with Gasteiger partial charge in [-0.3, -0.25) is 14.4 Å². The minimum atomic E-state index is -1.93. The third kappa shape index (κ3) is 43.6. The topological polar surface area (TPSA) is 175 Å². The predicted octanol–water partition coefficient (Wildman–Crippen LogP) is 16.0. The minimum absolute atomic E-state index is 0.0272. The van der Waals surface area contributed by atoms with E-state index in [4.69, 9.17) is 23.7 Å². The van der Waals surface area contributed by atoms with Crippen molar-refractivity contribution < 1.29 is 58.2 Å². The van der Waals surface area contributed by atoms with Gasteiger partial charge in [0.15, 0.2) is 24.6 Å². The molecule has 0 saturated carbocycles. The molecule has 446 valence electrons. The number of hydrogen-bond donors (Lipinski definition) is 3. The number of aliphatic carboxylic acids is 1. The fourth-order valence-electron chi connectivity index (χ4n) is 8.39. The summed E-state index contributed by atoms with van der Waals surface area (Å²) in [6.45, 7) is 5.70. The number of hydrogen-bond acceptors (Lipinski definition) is 11. The summed E-state index contributed by atoms with van der Waals surface area (Å²) in [6, 6.07) is 0. The molecule has 3 N–H and O–H groups in total. The molecule has 1 aliphatic heterocycles. The van der Waals surface area contributed by atoms with Gasteiger partial charge in [-0.05, 0) is 122 Å². The molecule has 6 unspecified atom stereocenters. The number of esters is 3. The highest BCUT2D eigenvalue weighted by atomic mass is 16.7. The van der Waals surface area contributed by atoms with Crippen molar-refractivity contribution in [1.82, 2.24) is 0 Å². The molecule has 0 aromatic rings. The van der Waals surface area contributed by atoms with Crippen LogP contribution in [0.5, 0.6) is 0 Å². The second-order valence-corrected chi connectivity index (χ2v) is 20.2. The van der Waals surface area contributed by atoms with Gasteiger partial charge in [-0.15, -0.1) is 0 Å². The van der Waals surface area contributed by atoms with Gasteiger partial charge < -0.3 is 39.0 Å². The molecular formula is C67H106O12. The van der Waals surface area contributed by atoms with Crippen molar-refractivity contribution in [3.8, 4) is 0 Å². The summed E-state index contributed by atoms with van der Waals surface area (Å²) in [4.78, 5) is 51.2. The number of carbonyl (C=O) groups excluding carboxylic acids is 3. The van der Waals surface area contributed by atoms with Crippen molar-refractivity contribution in [3.05, 3.63) is 122 Å². The van der Waals surface area contributed by atoms with E-state index in [9.17, 15) is 34.5 Å². The Labute approximate surface area is 478 Å². The lowest BCUT2D eigenvalue weighted by Crippen LogP contribution is -2.61. The third-order valence-electron chi connectivity index (χ3n) is 13.0. The van der Waals surface area contributed by atoms with Crippen LogP contribution in [0.3, 0.4) is 0 Å². The third-order valence-corrected chi connectivity index (χ3v) is 13.0. The molecule has 0 bridgehead atoms. The molecule has 0 spiro atoms. The lowest BCUT2D eigenvalue weighted by Gasteiger charge is -2.40. The molecule has 1 saturated heterocycles. The van der Waals surface area contributed by atoms with E-state index in [1.165, 1.54) is 38.5 Å². The van der Waals surface area contributed by atoms with E-state index >= 15 is 0 Å². The molecule has 1 heterocycles. The summed E-state index contributed by atoms with van der Waals surface area (Å²) in [5.74, 6) is -3.25. The second-order valence-electron chi connectivity index (χ2n) is 20.2. The summed E-state index contributed by atoms with van der Waals surface area (Å²) in [7, 11) is 0. The Morgan fingerprint density at radius 2 is 0.810 bits per heavy atom.